The zero-order chi connectivity index (χ0) is 27.2. The number of ether oxygens (including phenoxy) is 1. The second-order valence-corrected chi connectivity index (χ2v) is 26.4. The van der Waals surface area contributed by atoms with Crippen molar-refractivity contribution >= 4 is 39.8 Å². The van der Waals surface area contributed by atoms with Crippen LogP contribution >= 0.6 is 0 Å². The quantitative estimate of drug-likeness (QED) is 0.372. The molecule has 1 N–H and O–H groups in total. The summed E-state index contributed by atoms with van der Waals surface area (Å²) in [6, 6.07) is 6.31. The Morgan fingerprint density at radius 1 is 1.05 bits per heavy atom. The number of hydrogen-bond donors (Lipinski definition) is 1. The molecule has 0 spiro atoms. The van der Waals surface area contributed by atoms with Crippen molar-refractivity contribution in [3.63, 3.8) is 0 Å². The second-order valence-electron chi connectivity index (χ2n) is 12.2. The number of hydrogen-bond acceptors (Lipinski definition) is 5. The van der Waals surface area contributed by atoms with Gasteiger partial charge in [0.2, 0.25) is 0 Å². The van der Waals surface area contributed by atoms with Gasteiger partial charge < -0.3 is 4.74 Å². The third kappa shape index (κ3) is 7.09. The van der Waals surface area contributed by atoms with E-state index in [-0.39, 0.29) is 15.8 Å². The van der Waals surface area contributed by atoms with E-state index in [0.717, 1.165) is 43.1 Å². The molecule has 2 aromatic rings. The molecule has 0 radical (unpaired) electrons. The molecule has 1 saturated carbocycles. The number of nitrogens with zero attached hydrogens (tertiary/aromatic N) is 3. The van der Waals surface area contributed by atoms with Gasteiger partial charge in [-0.1, -0.05) is 0 Å². The summed E-state index contributed by atoms with van der Waals surface area (Å²) in [5.41, 5.74) is 2.03. The fourth-order valence-electron chi connectivity index (χ4n) is 4.74. The molecule has 202 valence electrons. The van der Waals surface area contributed by atoms with E-state index in [1.54, 1.807) is 4.90 Å². The second kappa shape index (κ2) is 10.3. The van der Waals surface area contributed by atoms with Gasteiger partial charge in [0.25, 0.3) is 0 Å². The summed E-state index contributed by atoms with van der Waals surface area (Å²) in [7, 11) is 0. The van der Waals surface area contributed by atoms with E-state index < -0.39 is 35.7 Å². The Labute approximate surface area is 221 Å². The number of carbonyl (C=O) groups is 1. The first-order valence-electron chi connectivity index (χ1n) is 13.0. The summed E-state index contributed by atoms with van der Waals surface area (Å²) in [5.74, 6) is 0.990. The standard InChI is InChI=1S/C24H28F3N4O2.3CH3.Sn/c1-23(2,3)33-22(32)31-10-8-15(9-11-31)17-6-7-20(19(12-17)16-4-5-16)30-21-28-13-18(14-29-21)24(25,26)27;;;;/h6-7,12-13,15-16H,4-5,8-11H2,1-3H3,(H,28,29,30);3*1H3;. The van der Waals surface area contributed by atoms with Crippen LogP contribution in [0.4, 0.5) is 29.6 Å². The van der Waals surface area contributed by atoms with Crippen LogP contribution in [0.25, 0.3) is 0 Å². The molecule has 1 saturated heterocycles. The van der Waals surface area contributed by atoms with E-state index in [1.165, 1.54) is 5.56 Å². The van der Waals surface area contributed by atoms with Gasteiger partial charge in [-0.15, -0.1) is 0 Å². The molecule has 4 rings (SSSR count). The molecule has 0 bridgehead atoms. The maximum absolute atomic E-state index is 13.6. The van der Waals surface area contributed by atoms with E-state index >= 15 is 0 Å². The van der Waals surface area contributed by atoms with E-state index in [4.69, 9.17) is 4.74 Å². The molecular formula is C27H37F3N4O2Sn. The van der Waals surface area contributed by atoms with E-state index in [2.05, 4.69) is 27.4 Å². The molecule has 2 heterocycles. The topological polar surface area (TPSA) is 67.3 Å². The van der Waals surface area contributed by atoms with Gasteiger partial charge in [-0.3, -0.25) is 0 Å². The van der Waals surface area contributed by atoms with Crippen molar-refractivity contribution in [1.29, 1.82) is 0 Å². The van der Waals surface area contributed by atoms with Crippen molar-refractivity contribution in [1.82, 2.24) is 14.9 Å². The zero-order valence-electron chi connectivity index (χ0n) is 22.5. The Hall–Kier alpha value is -2.04. The molecule has 37 heavy (non-hydrogen) atoms. The van der Waals surface area contributed by atoms with E-state index in [9.17, 15) is 18.0 Å². The predicted octanol–water partition coefficient (Wildman–Crippen LogP) is 6.78. The zero-order valence-corrected chi connectivity index (χ0v) is 25.4. The van der Waals surface area contributed by atoms with Crippen LogP contribution in [0.5, 0.6) is 0 Å². The number of halogens is 3. The fourth-order valence-corrected chi connectivity index (χ4v) is 8.90. The average Bonchev–Trinajstić information content (AvgIpc) is 3.62. The monoisotopic (exact) mass is 626 g/mol. The van der Waals surface area contributed by atoms with Crippen molar-refractivity contribution in [2.45, 2.75) is 84.9 Å². The molecule has 6 nitrogen and oxygen atoms in total. The summed E-state index contributed by atoms with van der Waals surface area (Å²) >= 11 is -3.17. The van der Waals surface area contributed by atoms with Crippen LogP contribution in [0, 0.1) is 0 Å². The third-order valence-corrected chi connectivity index (χ3v) is 11.9. The van der Waals surface area contributed by atoms with Crippen LogP contribution in [-0.4, -0.2) is 58.0 Å². The number of nitrogens with one attached hydrogen (secondary N) is 1. The number of aromatic nitrogens is 2. The molecule has 1 amide bonds. The molecule has 1 aliphatic heterocycles. The average molecular weight is 625 g/mol. The Balaban J connectivity index is 1.52. The first kappa shape index (κ1) is 28.0. The Morgan fingerprint density at radius 3 is 2.24 bits per heavy atom. The number of piperidine rings is 1. The summed E-state index contributed by atoms with van der Waals surface area (Å²) in [4.78, 5) is 28.4. The van der Waals surface area contributed by atoms with Crippen LogP contribution in [0.2, 0.25) is 14.8 Å². The third-order valence-electron chi connectivity index (χ3n) is 6.76. The number of rotatable bonds is 5. The molecule has 0 unspecified atom stereocenters. The van der Waals surface area contributed by atoms with Crippen molar-refractivity contribution in [2.24, 2.45) is 0 Å². The predicted molar refractivity (Wildman–Crippen MR) is 141 cm³/mol. The molecular weight excluding hydrogens is 588 g/mol. The van der Waals surface area contributed by atoms with Crippen molar-refractivity contribution in [3.8, 4) is 0 Å². The Morgan fingerprint density at radius 2 is 1.70 bits per heavy atom. The Bertz CT molecular complexity index is 1150. The van der Waals surface area contributed by atoms with Gasteiger partial charge in [0.15, 0.2) is 0 Å². The number of amides is 1. The van der Waals surface area contributed by atoms with Gasteiger partial charge in [-0.25, -0.2) is 4.79 Å². The maximum atomic E-state index is 13.6. The number of benzene rings is 1. The van der Waals surface area contributed by atoms with Crippen LogP contribution in [0.15, 0.2) is 24.4 Å². The number of alkyl halides is 3. The number of carbonyl (C=O) groups excluding carboxylic acids is 1. The van der Waals surface area contributed by atoms with Gasteiger partial charge in [-0.2, -0.15) is 0 Å². The van der Waals surface area contributed by atoms with Crippen molar-refractivity contribution in [2.75, 3.05) is 18.4 Å². The molecule has 2 aliphatic rings. The van der Waals surface area contributed by atoms with Gasteiger partial charge in [0, 0.05) is 0 Å². The fraction of sp³-hybridized carbons (Fsp3) is 0.593. The summed E-state index contributed by atoms with van der Waals surface area (Å²) < 4.78 is 46.4. The van der Waals surface area contributed by atoms with Crippen molar-refractivity contribution in [3.05, 3.63) is 41.1 Å². The van der Waals surface area contributed by atoms with Crippen LogP contribution in [0.3, 0.4) is 0 Å². The molecule has 0 atom stereocenters. The number of likely N-dealkylation sites (tertiary alicyclic amines) is 1. The van der Waals surface area contributed by atoms with Gasteiger partial charge >= 0.3 is 186 Å². The first-order chi connectivity index (χ1) is 17.1. The SMILES string of the molecule is CC(C)(C)OC(=O)N1CCC(c2ccc(Nc3ncc(C(F)(F)F)[c]([Sn]([CH3])([CH3])[CH3])n3)c(C3CC3)c2)CC1. The van der Waals surface area contributed by atoms with Gasteiger partial charge in [-0.05, 0) is 20.8 Å². The van der Waals surface area contributed by atoms with Crippen LogP contribution in [-0.2, 0) is 10.9 Å². The molecule has 1 aliphatic carbocycles. The molecule has 1 aromatic heterocycles. The number of anilines is 2. The minimum atomic E-state index is -4.46. The van der Waals surface area contributed by atoms with Gasteiger partial charge in [0.1, 0.15) is 5.60 Å². The van der Waals surface area contributed by atoms with E-state index in [0.29, 0.717) is 24.9 Å². The normalized spacial score (nSPS) is 17.6. The summed E-state index contributed by atoms with van der Waals surface area (Å²) in [6.45, 7) is 6.91. The van der Waals surface area contributed by atoms with E-state index in [1.807, 2.05) is 41.7 Å². The first-order valence-corrected chi connectivity index (χ1v) is 22.9. The molecule has 10 heteroatoms. The van der Waals surface area contributed by atoms with Gasteiger partial charge in [0.05, 0.1) is 0 Å². The molecule has 1 aromatic carbocycles. The van der Waals surface area contributed by atoms with Crippen LogP contribution in [0.1, 0.15) is 75.0 Å². The van der Waals surface area contributed by atoms with Crippen molar-refractivity contribution < 1.29 is 22.7 Å². The Kier molecular flexibility index (Phi) is 7.76. The summed E-state index contributed by atoms with van der Waals surface area (Å²) in [6.07, 6.45) is 0.105. The minimum absolute atomic E-state index is 0.181. The summed E-state index contributed by atoms with van der Waals surface area (Å²) in [5, 5.41) is 3.23. The van der Waals surface area contributed by atoms with Crippen LogP contribution < -0.4 is 9.03 Å². The molecule has 2 fully saturated rings.